The minimum Gasteiger partial charge on any atom is -0.508 e. The van der Waals surface area contributed by atoms with Gasteiger partial charge in [-0.1, -0.05) is 167 Å². The van der Waals surface area contributed by atoms with E-state index in [0.717, 1.165) is 22.6 Å². The van der Waals surface area contributed by atoms with Crippen molar-refractivity contribution < 1.29 is 5.11 Å². The van der Waals surface area contributed by atoms with Crippen LogP contribution in [0.3, 0.4) is 0 Å². The van der Waals surface area contributed by atoms with E-state index in [1.54, 1.807) is 0 Å². The molecule has 0 radical (unpaired) electrons. The van der Waals surface area contributed by atoms with Crippen molar-refractivity contribution in [1.29, 1.82) is 0 Å². The third kappa shape index (κ3) is 5.39. The molecule has 8 aromatic carbocycles. The first-order valence-electron chi connectivity index (χ1n) is 20.1. The Morgan fingerprint density at radius 2 is 0.895 bits per heavy atom. The van der Waals surface area contributed by atoms with E-state index in [4.69, 9.17) is 0 Å². The minimum absolute atomic E-state index is 0.138. The number of nitrogens with zero attached hydrogens (tertiary/aromatic N) is 1. The third-order valence-corrected chi connectivity index (χ3v) is 12.7. The van der Waals surface area contributed by atoms with Crippen LogP contribution in [0.2, 0.25) is 0 Å². The number of anilines is 3. The van der Waals surface area contributed by atoms with Crippen molar-refractivity contribution in [3.63, 3.8) is 0 Å². The van der Waals surface area contributed by atoms with E-state index in [9.17, 15) is 5.11 Å². The summed E-state index contributed by atoms with van der Waals surface area (Å²) in [6.45, 7) is 9.20. The van der Waals surface area contributed by atoms with Crippen LogP contribution in [0.4, 0.5) is 17.1 Å². The summed E-state index contributed by atoms with van der Waals surface area (Å²) in [5.41, 5.74) is 18.8. The number of benzene rings is 8. The van der Waals surface area contributed by atoms with Crippen molar-refractivity contribution in [3.05, 3.63) is 227 Å². The number of rotatable bonds is 7. The Bertz CT molecular complexity index is 2780. The number of hydrogen-bond donors (Lipinski definition) is 1. The molecule has 0 bridgehead atoms. The van der Waals surface area contributed by atoms with Crippen LogP contribution in [-0.2, 0) is 10.8 Å². The predicted molar refractivity (Wildman–Crippen MR) is 237 cm³/mol. The molecule has 1 unspecified atom stereocenters. The zero-order chi connectivity index (χ0) is 38.9. The molecule has 2 aliphatic rings. The van der Waals surface area contributed by atoms with Crippen molar-refractivity contribution in [2.24, 2.45) is 0 Å². The van der Waals surface area contributed by atoms with Gasteiger partial charge in [-0.05, 0) is 127 Å². The second-order valence-corrected chi connectivity index (χ2v) is 16.5. The van der Waals surface area contributed by atoms with Crippen LogP contribution in [0.1, 0.15) is 72.6 Å². The summed E-state index contributed by atoms with van der Waals surface area (Å²) in [6, 6.07) is 68.5. The maximum Gasteiger partial charge on any atom is 0.115 e. The van der Waals surface area contributed by atoms with E-state index in [0.29, 0.717) is 5.92 Å². The molecule has 0 aromatic heterocycles. The standard InChI is InChI=1S/C55H45NO/c1-36(2)37-18-22-40(23-19-37)55(41-24-30-45(57)31-25-41)51-17-11-9-15-47(51)49-33-29-44(35-53(49)55)56(42-26-20-39(21-27-42)38-12-6-5-7-13-38)43-28-32-48-46-14-8-10-16-50(46)54(3,4)52(48)34-43/h5-36,57H,1-4H3. The SMILES string of the molecule is CC(C)c1ccc(C2(c3ccc(O)cc3)c3ccccc3-c3ccc(N(c4ccc(-c5ccccc5)cc4)c4ccc5c(c4)C(C)(C)c4ccccc4-5)cc32)cc1. The summed E-state index contributed by atoms with van der Waals surface area (Å²) in [7, 11) is 0. The van der Waals surface area contributed by atoms with Crippen LogP contribution in [-0.4, -0.2) is 5.11 Å². The summed E-state index contributed by atoms with van der Waals surface area (Å²) in [5, 5.41) is 10.6. The average Bonchev–Trinajstić information content (AvgIpc) is 3.67. The van der Waals surface area contributed by atoms with Gasteiger partial charge in [0.2, 0.25) is 0 Å². The van der Waals surface area contributed by atoms with Crippen LogP contribution in [0.15, 0.2) is 188 Å². The molecule has 0 heterocycles. The molecule has 2 heteroatoms. The Morgan fingerprint density at radius 1 is 0.421 bits per heavy atom. The maximum atomic E-state index is 10.6. The molecule has 57 heavy (non-hydrogen) atoms. The van der Waals surface area contributed by atoms with Crippen LogP contribution in [0.5, 0.6) is 5.75 Å². The summed E-state index contributed by atoms with van der Waals surface area (Å²) >= 11 is 0. The molecule has 8 aromatic rings. The zero-order valence-corrected chi connectivity index (χ0v) is 32.9. The second-order valence-electron chi connectivity index (χ2n) is 16.5. The fourth-order valence-corrected chi connectivity index (χ4v) is 9.74. The smallest absolute Gasteiger partial charge is 0.115 e. The highest BCUT2D eigenvalue weighted by atomic mass is 16.3. The van der Waals surface area contributed by atoms with Crippen LogP contribution < -0.4 is 4.90 Å². The van der Waals surface area contributed by atoms with Crippen LogP contribution >= 0.6 is 0 Å². The molecule has 0 saturated carbocycles. The van der Waals surface area contributed by atoms with Gasteiger partial charge >= 0.3 is 0 Å². The fourth-order valence-electron chi connectivity index (χ4n) is 9.74. The molecule has 0 aliphatic heterocycles. The zero-order valence-electron chi connectivity index (χ0n) is 32.9. The van der Waals surface area contributed by atoms with E-state index < -0.39 is 5.41 Å². The molecule has 2 aliphatic carbocycles. The van der Waals surface area contributed by atoms with E-state index in [1.165, 1.54) is 66.8 Å². The molecular formula is C55H45NO. The lowest BCUT2D eigenvalue weighted by atomic mass is 9.67. The van der Waals surface area contributed by atoms with Gasteiger partial charge in [0.15, 0.2) is 0 Å². The summed E-state index contributed by atoms with van der Waals surface area (Å²) in [4.78, 5) is 2.43. The van der Waals surface area contributed by atoms with Gasteiger partial charge in [0.05, 0.1) is 5.41 Å². The topological polar surface area (TPSA) is 23.5 Å². The number of phenolic OH excluding ortho intramolecular Hbond substituents is 1. The highest BCUT2D eigenvalue weighted by Gasteiger charge is 2.46. The normalized spacial score (nSPS) is 15.8. The Balaban J connectivity index is 1.21. The predicted octanol–water partition coefficient (Wildman–Crippen LogP) is 14.3. The monoisotopic (exact) mass is 735 g/mol. The van der Waals surface area contributed by atoms with E-state index in [2.05, 4.69) is 209 Å². The first-order valence-corrected chi connectivity index (χ1v) is 20.1. The lowest BCUT2D eigenvalue weighted by Crippen LogP contribution is -2.29. The van der Waals surface area contributed by atoms with Gasteiger partial charge in [0.25, 0.3) is 0 Å². The molecule has 276 valence electrons. The molecule has 0 spiro atoms. The van der Waals surface area contributed by atoms with E-state index in [-0.39, 0.29) is 11.2 Å². The lowest BCUT2D eigenvalue weighted by Gasteiger charge is -2.35. The van der Waals surface area contributed by atoms with Crippen molar-refractivity contribution in [2.75, 3.05) is 4.90 Å². The van der Waals surface area contributed by atoms with Crippen molar-refractivity contribution in [1.82, 2.24) is 0 Å². The van der Waals surface area contributed by atoms with Crippen molar-refractivity contribution in [3.8, 4) is 39.1 Å². The van der Waals surface area contributed by atoms with Gasteiger partial charge in [-0.2, -0.15) is 0 Å². The van der Waals surface area contributed by atoms with Gasteiger partial charge in [-0.25, -0.2) is 0 Å². The minimum atomic E-state index is -0.616. The summed E-state index contributed by atoms with van der Waals surface area (Å²) < 4.78 is 0. The average molecular weight is 736 g/mol. The van der Waals surface area contributed by atoms with Gasteiger partial charge in [-0.15, -0.1) is 0 Å². The molecule has 1 atom stereocenters. The van der Waals surface area contributed by atoms with Crippen molar-refractivity contribution in [2.45, 2.75) is 44.4 Å². The highest BCUT2D eigenvalue weighted by Crippen LogP contribution is 2.58. The number of phenols is 1. The Hall–Kier alpha value is -6.64. The van der Waals surface area contributed by atoms with E-state index in [1.807, 2.05) is 12.1 Å². The third-order valence-electron chi connectivity index (χ3n) is 12.7. The maximum absolute atomic E-state index is 10.6. The number of fused-ring (bicyclic) bond motifs is 6. The molecule has 0 saturated heterocycles. The molecule has 10 rings (SSSR count). The van der Waals surface area contributed by atoms with E-state index >= 15 is 0 Å². The fraction of sp³-hybridized carbons (Fsp3) is 0.127. The largest absolute Gasteiger partial charge is 0.508 e. The Kier molecular flexibility index (Phi) is 8.09. The molecular weight excluding hydrogens is 691 g/mol. The van der Waals surface area contributed by atoms with Crippen LogP contribution in [0, 0.1) is 0 Å². The Morgan fingerprint density at radius 3 is 1.53 bits per heavy atom. The quantitative estimate of drug-likeness (QED) is 0.176. The summed E-state index contributed by atoms with van der Waals surface area (Å²) in [5.74, 6) is 0.682. The first-order chi connectivity index (χ1) is 27.7. The molecule has 0 amide bonds. The van der Waals surface area contributed by atoms with Gasteiger partial charge in [-0.3, -0.25) is 0 Å². The van der Waals surface area contributed by atoms with Gasteiger partial charge in [0.1, 0.15) is 5.75 Å². The first kappa shape index (κ1) is 34.8. The highest BCUT2D eigenvalue weighted by molar-refractivity contribution is 5.91. The van der Waals surface area contributed by atoms with Gasteiger partial charge < -0.3 is 10.0 Å². The Labute approximate surface area is 336 Å². The molecule has 0 fully saturated rings. The van der Waals surface area contributed by atoms with Gasteiger partial charge in [0, 0.05) is 22.5 Å². The van der Waals surface area contributed by atoms with Crippen LogP contribution in [0.25, 0.3) is 33.4 Å². The summed E-state index contributed by atoms with van der Waals surface area (Å²) in [6.07, 6.45) is 0. The number of aromatic hydroxyl groups is 1. The molecule has 1 N–H and O–H groups in total. The number of hydrogen-bond acceptors (Lipinski definition) is 2. The molecule has 2 nitrogen and oxygen atoms in total. The second kappa shape index (κ2) is 13.2. The van der Waals surface area contributed by atoms with Crippen molar-refractivity contribution >= 4 is 17.1 Å². The lowest BCUT2D eigenvalue weighted by molar-refractivity contribution is 0.475.